The van der Waals surface area contributed by atoms with Crippen LogP contribution in [0.15, 0.2) is 24.3 Å². The molecule has 1 N–H and O–H groups in total. The smallest absolute Gasteiger partial charge is 0.257 e. The van der Waals surface area contributed by atoms with Gasteiger partial charge in [-0.3, -0.25) is 4.79 Å². The van der Waals surface area contributed by atoms with Crippen LogP contribution in [0.1, 0.15) is 12.8 Å². The molecule has 23 heavy (non-hydrogen) atoms. The quantitative estimate of drug-likeness (QED) is 0.835. The van der Waals surface area contributed by atoms with Crippen LogP contribution in [-0.4, -0.2) is 51.1 Å². The van der Waals surface area contributed by atoms with Crippen molar-refractivity contribution in [1.82, 2.24) is 9.62 Å². The molecule has 1 fully saturated rings. The first kappa shape index (κ1) is 17.7. The number of nitrogens with zero attached hydrogens (tertiary/aromatic N) is 1. The van der Waals surface area contributed by atoms with E-state index in [-0.39, 0.29) is 24.2 Å². The van der Waals surface area contributed by atoms with Gasteiger partial charge in [0, 0.05) is 19.6 Å². The van der Waals surface area contributed by atoms with Crippen molar-refractivity contribution in [3.05, 3.63) is 30.1 Å². The highest BCUT2D eigenvalue weighted by Gasteiger charge is 2.24. The molecule has 0 atom stereocenters. The number of halogens is 1. The second kappa shape index (κ2) is 7.74. The van der Waals surface area contributed by atoms with Gasteiger partial charge in [-0.25, -0.2) is 17.1 Å². The van der Waals surface area contributed by atoms with E-state index in [2.05, 4.69) is 5.32 Å². The first-order valence-electron chi connectivity index (χ1n) is 7.45. The third kappa shape index (κ3) is 5.80. The molecule has 0 saturated carbocycles. The van der Waals surface area contributed by atoms with Gasteiger partial charge in [0.15, 0.2) is 6.61 Å². The number of benzene rings is 1. The largest absolute Gasteiger partial charge is 0.484 e. The molecule has 1 aliphatic rings. The van der Waals surface area contributed by atoms with Gasteiger partial charge < -0.3 is 10.1 Å². The normalized spacial score (nSPS) is 17.0. The molecule has 1 aliphatic heterocycles. The van der Waals surface area contributed by atoms with Gasteiger partial charge in [-0.2, -0.15) is 0 Å². The van der Waals surface area contributed by atoms with Crippen molar-refractivity contribution in [2.75, 3.05) is 32.5 Å². The van der Waals surface area contributed by atoms with Gasteiger partial charge in [0.05, 0.1) is 6.26 Å². The molecule has 1 aromatic carbocycles. The topological polar surface area (TPSA) is 75.7 Å². The number of carbonyl (C=O) groups is 1. The lowest BCUT2D eigenvalue weighted by Gasteiger charge is -2.30. The highest BCUT2D eigenvalue weighted by atomic mass is 32.2. The van der Waals surface area contributed by atoms with E-state index in [1.165, 1.54) is 34.8 Å². The molecule has 1 saturated heterocycles. The maximum absolute atomic E-state index is 12.7. The minimum atomic E-state index is -3.12. The van der Waals surface area contributed by atoms with Crippen molar-refractivity contribution >= 4 is 15.9 Å². The second-order valence-electron chi connectivity index (χ2n) is 5.65. The van der Waals surface area contributed by atoms with Crippen molar-refractivity contribution in [3.63, 3.8) is 0 Å². The molecule has 0 spiro atoms. The highest BCUT2D eigenvalue weighted by molar-refractivity contribution is 7.88. The number of carbonyl (C=O) groups excluding carboxylic acids is 1. The Morgan fingerprint density at radius 3 is 2.48 bits per heavy atom. The van der Waals surface area contributed by atoms with E-state index >= 15 is 0 Å². The van der Waals surface area contributed by atoms with Crippen LogP contribution in [0.2, 0.25) is 0 Å². The Morgan fingerprint density at radius 1 is 1.30 bits per heavy atom. The van der Waals surface area contributed by atoms with Crippen LogP contribution in [0, 0.1) is 11.7 Å². The Kier molecular flexibility index (Phi) is 5.95. The van der Waals surface area contributed by atoms with Gasteiger partial charge in [0.25, 0.3) is 5.91 Å². The lowest BCUT2D eigenvalue weighted by atomic mass is 9.98. The maximum atomic E-state index is 12.7. The number of nitrogens with one attached hydrogen (secondary N) is 1. The molecule has 0 unspecified atom stereocenters. The fraction of sp³-hybridized carbons (Fsp3) is 0.533. The number of hydrogen-bond donors (Lipinski definition) is 1. The zero-order chi connectivity index (χ0) is 16.9. The van der Waals surface area contributed by atoms with Gasteiger partial charge in [0.1, 0.15) is 11.6 Å². The van der Waals surface area contributed by atoms with Gasteiger partial charge >= 0.3 is 0 Å². The molecule has 128 valence electrons. The van der Waals surface area contributed by atoms with Crippen LogP contribution >= 0.6 is 0 Å². The molecule has 0 radical (unpaired) electrons. The first-order valence-corrected chi connectivity index (χ1v) is 9.29. The SMILES string of the molecule is CS(=O)(=O)N1CCC(CNC(=O)COc2ccc(F)cc2)CC1. The zero-order valence-electron chi connectivity index (χ0n) is 13.0. The third-order valence-electron chi connectivity index (χ3n) is 3.81. The summed E-state index contributed by atoms with van der Waals surface area (Å²) in [4.78, 5) is 11.7. The molecule has 2 rings (SSSR count). The summed E-state index contributed by atoms with van der Waals surface area (Å²) < 4.78 is 42.3. The van der Waals surface area contributed by atoms with E-state index in [9.17, 15) is 17.6 Å². The molecule has 1 amide bonds. The van der Waals surface area contributed by atoms with Crippen LogP contribution in [0.25, 0.3) is 0 Å². The van der Waals surface area contributed by atoms with E-state index in [1.54, 1.807) is 0 Å². The predicted molar refractivity (Wildman–Crippen MR) is 84.0 cm³/mol. The third-order valence-corrected chi connectivity index (χ3v) is 5.12. The van der Waals surface area contributed by atoms with Gasteiger partial charge in [-0.05, 0) is 43.0 Å². The molecule has 1 aromatic rings. The number of rotatable bonds is 6. The average Bonchev–Trinajstić information content (AvgIpc) is 2.52. The Bertz CT molecular complexity index is 625. The molecular weight excluding hydrogens is 323 g/mol. The Hall–Kier alpha value is -1.67. The van der Waals surface area contributed by atoms with Gasteiger partial charge in [-0.15, -0.1) is 0 Å². The van der Waals surface area contributed by atoms with Crippen molar-refractivity contribution in [1.29, 1.82) is 0 Å². The number of sulfonamides is 1. The maximum Gasteiger partial charge on any atom is 0.257 e. The van der Waals surface area contributed by atoms with Crippen molar-refractivity contribution in [2.45, 2.75) is 12.8 Å². The average molecular weight is 344 g/mol. The summed E-state index contributed by atoms with van der Waals surface area (Å²) >= 11 is 0. The number of hydrogen-bond acceptors (Lipinski definition) is 4. The Balaban J connectivity index is 1.66. The van der Waals surface area contributed by atoms with Crippen LogP contribution in [0.4, 0.5) is 4.39 Å². The first-order chi connectivity index (χ1) is 10.8. The molecule has 1 heterocycles. The number of piperidine rings is 1. The van der Waals surface area contributed by atoms with E-state index in [4.69, 9.17) is 4.74 Å². The summed E-state index contributed by atoms with van der Waals surface area (Å²) in [5, 5.41) is 2.78. The van der Waals surface area contributed by atoms with Crippen LogP contribution in [-0.2, 0) is 14.8 Å². The summed E-state index contributed by atoms with van der Waals surface area (Å²) in [5.74, 6) is 0.0906. The molecular formula is C15H21FN2O4S. The fourth-order valence-electron chi connectivity index (χ4n) is 2.43. The summed E-state index contributed by atoms with van der Waals surface area (Å²) in [7, 11) is -3.12. The minimum Gasteiger partial charge on any atom is -0.484 e. The number of ether oxygens (including phenoxy) is 1. The monoisotopic (exact) mass is 344 g/mol. The predicted octanol–water partition coefficient (Wildman–Crippen LogP) is 0.992. The van der Waals surface area contributed by atoms with Crippen LogP contribution < -0.4 is 10.1 Å². The van der Waals surface area contributed by atoms with Crippen LogP contribution in [0.3, 0.4) is 0 Å². The fourth-order valence-corrected chi connectivity index (χ4v) is 3.31. The lowest BCUT2D eigenvalue weighted by Crippen LogP contribution is -2.41. The van der Waals surface area contributed by atoms with E-state index < -0.39 is 10.0 Å². The Labute approximate surface area is 135 Å². The lowest BCUT2D eigenvalue weighted by molar-refractivity contribution is -0.123. The molecule has 0 aromatic heterocycles. The molecule has 0 aliphatic carbocycles. The summed E-state index contributed by atoms with van der Waals surface area (Å²) in [5.41, 5.74) is 0. The van der Waals surface area contributed by atoms with E-state index in [1.807, 2.05) is 0 Å². The minimum absolute atomic E-state index is 0.131. The van der Waals surface area contributed by atoms with Crippen molar-refractivity contribution in [3.8, 4) is 5.75 Å². The summed E-state index contributed by atoms with van der Waals surface area (Å²) in [6.07, 6.45) is 2.67. The van der Waals surface area contributed by atoms with E-state index in [0.717, 1.165) is 12.8 Å². The summed E-state index contributed by atoms with van der Waals surface area (Å²) in [6, 6.07) is 5.46. The number of amides is 1. The van der Waals surface area contributed by atoms with Crippen molar-refractivity contribution < 1.29 is 22.3 Å². The van der Waals surface area contributed by atoms with Gasteiger partial charge in [0.2, 0.25) is 10.0 Å². The molecule has 6 nitrogen and oxygen atoms in total. The second-order valence-corrected chi connectivity index (χ2v) is 7.63. The zero-order valence-corrected chi connectivity index (χ0v) is 13.8. The van der Waals surface area contributed by atoms with E-state index in [0.29, 0.717) is 25.4 Å². The standard InChI is InChI=1S/C15H21FN2O4S/c1-23(20,21)18-8-6-12(7-9-18)10-17-15(19)11-22-14-4-2-13(16)3-5-14/h2-5,12H,6-11H2,1H3,(H,17,19). The molecule has 0 bridgehead atoms. The summed E-state index contributed by atoms with van der Waals surface area (Å²) in [6.45, 7) is 1.36. The highest BCUT2D eigenvalue weighted by Crippen LogP contribution is 2.18. The Morgan fingerprint density at radius 2 is 1.91 bits per heavy atom. The molecule has 8 heteroatoms. The van der Waals surface area contributed by atoms with Crippen molar-refractivity contribution in [2.24, 2.45) is 5.92 Å². The van der Waals surface area contributed by atoms with Gasteiger partial charge in [-0.1, -0.05) is 0 Å². The van der Waals surface area contributed by atoms with Crippen LogP contribution in [0.5, 0.6) is 5.75 Å².